The summed E-state index contributed by atoms with van der Waals surface area (Å²) in [5.74, 6) is 1.92. The van der Waals surface area contributed by atoms with E-state index in [-0.39, 0.29) is 5.78 Å². The third-order valence-corrected chi connectivity index (χ3v) is 4.80. The second-order valence-corrected chi connectivity index (χ2v) is 6.04. The molecule has 0 aromatic heterocycles. The topological polar surface area (TPSA) is 78.9 Å². The first-order chi connectivity index (χ1) is 8.51. The van der Waals surface area contributed by atoms with Crippen molar-refractivity contribution >= 4 is 11.9 Å². The van der Waals surface area contributed by atoms with Gasteiger partial charge in [-0.25, -0.2) is 4.79 Å². The predicted octanol–water partition coefficient (Wildman–Crippen LogP) is 1.42. The zero-order valence-corrected chi connectivity index (χ0v) is 10.5. The van der Waals surface area contributed by atoms with E-state index < -0.39 is 17.7 Å². The first-order valence-electron chi connectivity index (χ1n) is 6.69. The molecule has 2 saturated carbocycles. The Morgan fingerprint density at radius 3 is 2.56 bits per heavy atom. The van der Waals surface area contributed by atoms with Crippen LogP contribution < -0.4 is 5.32 Å². The van der Waals surface area contributed by atoms with Gasteiger partial charge < -0.3 is 15.2 Å². The molecule has 1 amide bonds. The molecule has 5 heteroatoms. The van der Waals surface area contributed by atoms with Gasteiger partial charge in [-0.05, 0) is 43.9 Å². The number of ether oxygens (including phenoxy) is 1. The van der Waals surface area contributed by atoms with Gasteiger partial charge in [-0.2, -0.15) is 0 Å². The van der Waals surface area contributed by atoms with E-state index in [1.54, 1.807) is 6.92 Å². The summed E-state index contributed by atoms with van der Waals surface area (Å²) in [6, 6.07) is -0.592. The summed E-state index contributed by atoms with van der Waals surface area (Å²) in [5, 5.41) is 11.2. The van der Waals surface area contributed by atoms with Crippen molar-refractivity contribution in [3.05, 3.63) is 0 Å². The second-order valence-electron chi connectivity index (χ2n) is 6.04. The molecule has 18 heavy (non-hydrogen) atoms. The molecule has 1 unspecified atom stereocenters. The SMILES string of the molecule is C[C@@]1(C(=O)[C@H](CC2[C@H]3CCC[C@@H]23)NC(=O)O)CO1. The molecular formula is C13H19NO4. The van der Waals surface area contributed by atoms with Crippen molar-refractivity contribution in [3.63, 3.8) is 0 Å². The number of amides is 1. The Bertz CT molecular complexity index is 380. The lowest BCUT2D eigenvalue weighted by Gasteiger charge is -2.18. The minimum atomic E-state index is -1.12. The molecule has 3 fully saturated rings. The number of carbonyl (C=O) groups is 2. The first-order valence-corrected chi connectivity index (χ1v) is 6.69. The number of ketones is 1. The highest BCUT2D eigenvalue weighted by Gasteiger charge is 2.56. The van der Waals surface area contributed by atoms with E-state index >= 15 is 0 Å². The van der Waals surface area contributed by atoms with Crippen LogP contribution in [-0.2, 0) is 9.53 Å². The maximum Gasteiger partial charge on any atom is 0.405 e. The highest BCUT2D eigenvalue weighted by Crippen LogP contribution is 2.59. The van der Waals surface area contributed by atoms with Crippen molar-refractivity contribution < 1.29 is 19.4 Å². The number of hydrogen-bond donors (Lipinski definition) is 2. The van der Waals surface area contributed by atoms with E-state index in [2.05, 4.69) is 5.32 Å². The Kier molecular flexibility index (Phi) is 2.62. The van der Waals surface area contributed by atoms with Crippen molar-refractivity contribution in [3.8, 4) is 0 Å². The zero-order valence-electron chi connectivity index (χ0n) is 10.5. The normalized spacial score (nSPS) is 41.9. The van der Waals surface area contributed by atoms with Gasteiger partial charge in [0.15, 0.2) is 5.78 Å². The van der Waals surface area contributed by atoms with Crippen molar-refractivity contribution in [2.24, 2.45) is 17.8 Å². The molecule has 5 nitrogen and oxygen atoms in total. The van der Waals surface area contributed by atoms with Crippen LogP contribution in [-0.4, -0.2) is 35.2 Å². The van der Waals surface area contributed by atoms with E-state index in [9.17, 15) is 9.59 Å². The molecule has 0 radical (unpaired) electrons. The summed E-state index contributed by atoms with van der Waals surface area (Å²) >= 11 is 0. The summed E-state index contributed by atoms with van der Waals surface area (Å²) in [6.45, 7) is 2.15. The van der Waals surface area contributed by atoms with Crippen LogP contribution in [0, 0.1) is 17.8 Å². The fourth-order valence-corrected chi connectivity index (χ4v) is 3.59. The first kappa shape index (κ1) is 12.0. The van der Waals surface area contributed by atoms with Crippen LogP contribution in [0.3, 0.4) is 0 Å². The van der Waals surface area contributed by atoms with Gasteiger partial charge in [-0.3, -0.25) is 4.79 Å². The van der Waals surface area contributed by atoms with Crippen molar-refractivity contribution in [2.45, 2.75) is 44.2 Å². The third kappa shape index (κ3) is 2.00. The minimum Gasteiger partial charge on any atom is -0.465 e. The molecule has 1 saturated heterocycles. The average molecular weight is 253 g/mol. The summed E-state index contributed by atoms with van der Waals surface area (Å²) in [4.78, 5) is 23.0. The molecule has 3 rings (SSSR count). The molecule has 0 spiro atoms. The fraction of sp³-hybridized carbons (Fsp3) is 0.846. The lowest BCUT2D eigenvalue weighted by Crippen LogP contribution is -2.46. The Hall–Kier alpha value is -1.10. The van der Waals surface area contributed by atoms with Gasteiger partial charge in [-0.1, -0.05) is 6.42 Å². The summed E-state index contributed by atoms with van der Waals surface area (Å²) in [7, 11) is 0. The average Bonchev–Trinajstić information content (AvgIpc) is 3.14. The van der Waals surface area contributed by atoms with Crippen molar-refractivity contribution in [1.82, 2.24) is 5.32 Å². The molecule has 0 aromatic carbocycles. The number of epoxide rings is 1. The molecule has 1 aliphatic heterocycles. The van der Waals surface area contributed by atoms with Crippen molar-refractivity contribution in [1.29, 1.82) is 0 Å². The van der Waals surface area contributed by atoms with E-state index in [0.29, 0.717) is 18.9 Å². The van der Waals surface area contributed by atoms with Gasteiger partial charge in [0, 0.05) is 0 Å². The largest absolute Gasteiger partial charge is 0.465 e. The van der Waals surface area contributed by atoms with Crippen LogP contribution in [0.15, 0.2) is 0 Å². The number of fused-ring (bicyclic) bond motifs is 1. The van der Waals surface area contributed by atoms with E-state index in [0.717, 1.165) is 11.8 Å². The monoisotopic (exact) mass is 253 g/mol. The van der Waals surface area contributed by atoms with Crippen molar-refractivity contribution in [2.75, 3.05) is 6.61 Å². The fourth-order valence-electron chi connectivity index (χ4n) is 3.59. The molecule has 2 aliphatic carbocycles. The molecule has 0 aromatic rings. The zero-order chi connectivity index (χ0) is 12.9. The molecule has 5 atom stereocenters. The number of carboxylic acid groups (broad SMARTS) is 1. The van der Waals surface area contributed by atoms with Crippen LogP contribution in [0.25, 0.3) is 0 Å². The molecule has 0 bridgehead atoms. The minimum absolute atomic E-state index is 0.102. The maximum absolute atomic E-state index is 12.2. The highest BCUT2D eigenvalue weighted by molar-refractivity contribution is 5.95. The van der Waals surface area contributed by atoms with E-state index in [1.165, 1.54) is 19.3 Å². The molecular weight excluding hydrogens is 234 g/mol. The summed E-state index contributed by atoms with van der Waals surface area (Å²) in [5.41, 5.74) is -0.739. The predicted molar refractivity (Wildman–Crippen MR) is 63.3 cm³/mol. The quantitative estimate of drug-likeness (QED) is 0.726. The second kappa shape index (κ2) is 3.95. The Morgan fingerprint density at radius 1 is 1.44 bits per heavy atom. The Labute approximate surface area is 106 Å². The van der Waals surface area contributed by atoms with Gasteiger partial charge in [-0.15, -0.1) is 0 Å². The Morgan fingerprint density at radius 2 is 2.06 bits per heavy atom. The molecule has 3 aliphatic rings. The van der Waals surface area contributed by atoms with Crippen LogP contribution in [0.4, 0.5) is 4.79 Å². The standard InChI is InChI=1S/C13H19NO4/c1-13(6-18-13)11(15)10(14-12(16)17)5-9-7-3-2-4-8(7)9/h7-10,14H,2-6H2,1H3,(H,16,17)/t7-,8+,9?,10-,13-/m0/s1. The van der Waals surface area contributed by atoms with Gasteiger partial charge in [0.05, 0.1) is 12.6 Å². The number of Topliss-reactive ketones (excluding diaryl/α,β-unsaturated/α-hetero) is 1. The highest BCUT2D eigenvalue weighted by atomic mass is 16.6. The summed E-state index contributed by atoms with van der Waals surface area (Å²) < 4.78 is 5.13. The number of hydrogen-bond acceptors (Lipinski definition) is 3. The number of rotatable bonds is 5. The van der Waals surface area contributed by atoms with Crippen LogP contribution >= 0.6 is 0 Å². The van der Waals surface area contributed by atoms with E-state index in [4.69, 9.17) is 9.84 Å². The lowest BCUT2D eigenvalue weighted by atomic mass is 9.94. The lowest BCUT2D eigenvalue weighted by molar-refractivity contribution is -0.125. The van der Waals surface area contributed by atoms with Gasteiger partial charge >= 0.3 is 6.09 Å². The maximum atomic E-state index is 12.2. The third-order valence-electron chi connectivity index (χ3n) is 4.80. The van der Waals surface area contributed by atoms with Crippen LogP contribution in [0.2, 0.25) is 0 Å². The van der Waals surface area contributed by atoms with Crippen LogP contribution in [0.5, 0.6) is 0 Å². The number of nitrogens with one attached hydrogen (secondary N) is 1. The summed E-state index contributed by atoms with van der Waals surface area (Å²) in [6.07, 6.45) is 3.31. The number of carbonyl (C=O) groups excluding carboxylic acids is 1. The van der Waals surface area contributed by atoms with Gasteiger partial charge in [0.2, 0.25) is 0 Å². The van der Waals surface area contributed by atoms with E-state index in [1.807, 2.05) is 0 Å². The molecule has 2 N–H and O–H groups in total. The van der Waals surface area contributed by atoms with Gasteiger partial charge in [0.25, 0.3) is 0 Å². The smallest absolute Gasteiger partial charge is 0.405 e. The van der Waals surface area contributed by atoms with Crippen LogP contribution in [0.1, 0.15) is 32.6 Å². The molecule has 1 heterocycles. The Balaban J connectivity index is 1.62. The van der Waals surface area contributed by atoms with Gasteiger partial charge in [0.1, 0.15) is 5.60 Å². The molecule has 100 valence electrons.